The summed E-state index contributed by atoms with van der Waals surface area (Å²) < 4.78 is 11.2. The molecule has 184 valence electrons. The number of amides is 1. The monoisotopic (exact) mass is 501 g/mol. The highest BCUT2D eigenvalue weighted by molar-refractivity contribution is 7.80. The van der Waals surface area contributed by atoms with Crippen LogP contribution in [-0.4, -0.2) is 23.6 Å². The fourth-order valence-corrected chi connectivity index (χ4v) is 4.19. The Kier molecular flexibility index (Phi) is 7.97. The van der Waals surface area contributed by atoms with Gasteiger partial charge in [0.1, 0.15) is 12.4 Å². The zero-order valence-electron chi connectivity index (χ0n) is 20.0. The second-order valence-corrected chi connectivity index (χ2v) is 8.54. The largest absolute Gasteiger partial charge is 0.489 e. The number of rotatable bonds is 8. The fraction of sp³-hybridized carbons (Fsp3) is 0.179. The van der Waals surface area contributed by atoms with Crippen LogP contribution >= 0.6 is 12.2 Å². The van der Waals surface area contributed by atoms with Crippen LogP contribution in [0.3, 0.4) is 0 Å². The highest BCUT2D eigenvalue weighted by Crippen LogP contribution is 2.34. The molecular weight excluding hydrogens is 474 g/mol. The van der Waals surface area contributed by atoms with E-state index in [0.717, 1.165) is 11.1 Å². The number of allylic oxidation sites excluding steroid dienone is 1. The summed E-state index contributed by atoms with van der Waals surface area (Å²) in [7, 11) is 0. The molecule has 0 saturated carbocycles. The molecule has 3 aromatic carbocycles. The molecule has 1 aliphatic rings. The minimum Gasteiger partial charge on any atom is -0.489 e. The average molecular weight is 502 g/mol. The van der Waals surface area contributed by atoms with Gasteiger partial charge in [0.05, 0.1) is 23.8 Å². The molecule has 0 saturated heterocycles. The Labute approximate surface area is 215 Å². The van der Waals surface area contributed by atoms with Gasteiger partial charge >= 0.3 is 5.97 Å². The third kappa shape index (κ3) is 5.90. The minimum absolute atomic E-state index is 0.296. The van der Waals surface area contributed by atoms with Gasteiger partial charge in [0, 0.05) is 16.9 Å². The maximum Gasteiger partial charge on any atom is 0.338 e. The summed E-state index contributed by atoms with van der Waals surface area (Å²) in [4.78, 5) is 25.4. The number of ether oxygens (including phenoxy) is 2. The molecule has 7 nitrogen and oxygen atoms in total. The minimum atomic E-state index is -0.524. The smallest absolute Gasteiger partial charge is 0.338 e. The lowest BCUT2D eigenvalue weighted by molar-refractivity contribution is -0.113. The molecule has 3 N–H and O–H groups in total. The van der Waals surface area contributed by atoms with Crippen LogP contribution in [0.15, 0.2) is 90.1 Å². The SMILES string of the molecule is CCOC(=O)c1ccc(NC(=O)C2=C(C)NC(=S)N[C@@H]2c2ccccc2OCc2ccccc2)cc1. The number of thiocarbonyl (C=S) groups is 1. The molecule has 0 radical (unpaired) electrons. The number of esters is 1. The number of carbonyl (C=O) groups excluding carboxylic acids is 2. The summed E-state index contributed by atoms with van der Waals surface area (Å²) >= 11 is 5.40. The summed E-state index contributed by atoms with van der Waals surface area (Å²) in [6.07, 6.45) is 0. The second kappa shape index (κ2) is 11.5. The first-order valence-corrected chi connectivity index (χ1v) is 12.0. The molecule has 0 aromatic heterocycles. The quantitative estimate of drug-likeness (QED) is 0.300. The zero-order valence-corrected chi connectivity index (χ0v) is 20.9. The Morgan fingerprint density at radius 2 is 1.67 bits per heavy atom. The van der Waals surface area contributed by atoms with Gasteiger partial charge in [-0.3, -0.25) is 4.79 Å². The summed E-state index contributed by atoms with van der Waals surface area (Å²) in [6.45, 7) is 4.25. The van der Waals surface area contributed by atoms with Gasteiger partial charge in [-0.05, 0) is 62.0 Å². The van der Waals surface area contributed by atoms with Crippen molar-refractivity contribution in [2.45, 2.75) is 26.5 Å². The molecule has 0 fully saturated rings. The molecule has 0 unspecified atom stereocenters. The van der Waals surface area contributed by atoms with Crippen molar-refractivity contribution in [2.75, 3.05) is 11.9 Å². The Balaban J connectivity index is 1.58. The van der Waals surface area contributed by atoms with Gasteiger partial charge < -0.3 is 25.4 Å². The zero-order chi connectivity index (χ0) is 25.5. The van der Waals surface area contributed by atoms with Gasteiger partial charge in [0.25, 0.3) is 5.91 Å². The van der Waals surface area contributed by atoms with Gasteiger partial charge in [-0.25, -0.2) is 4.79 Å². The van der Waals surface area contributed by atoms with Gasteiger partial charge in [0.15, 0.2) is 5.11 Å². The van der Waals surface area contributed by atoms with Gasteiger partial charge in [-0.1, -0.05) is 48.5 Å². The van der Waals surface area contributed by atoms with E-state index >= 15 is 0 Å². The molecule has 3 aromatic rings. The Morgan fingerprint density at radius 1 is 0.972 bits per heavy atom. The van der Waals surface area contributed by atoms with Crippen molar-refractivity contribution in [2.24, 2.45) is 0 Å². The highest BCUT2D eigenvalue weighted by atomic mass is 32.1. The van der Waals surface area contributed by atoms with Crippen molar-refractivity contribution in [3.63, 3.8) is 0 Å². The Morgan fingerprint density at radius 3 is 2.39 bits per heavy atom. The molecule has 1 aliphatic heterocycles. The number of para-hydroxylation sites is 1. The maximum absolute atomic E-state index is 13.5. The van der Waals surface area contributed by atoms with Gasteiger partial charge in [-0.2, -0.15) is 0 Å². The lowest BCUT2D eigenvalue weighted by Gasteiger charge is -2.31. The summed E-state index contributed by atoms with van der Waals surface area (Å²) in [6, 6.07) is 23.5. The van der Waals surface area contributed by atoms with Crippen LogP contribution in [0.1, 0.15) is 41.4 Å². The van der Waals surface area contributed by atoms with Gasteiger partial charge in [-0.15, -0.1) is 0 Å². The molecule has 36 heavy (non-hydrogen) atoms. The van der Waals surface area contributed by atoms with Crippen LogP contribution in [0.25, 0.3) is 0 Å². The predicted molar refractivity (Wildman–Crippen MR) is 143 cm³/mol. The first-order valence-electron chi connectivity index (χ1n) is 11.6. The van der Waals surface area contributed by atoms with E-state index in [4.69, 9.17) is 21.7 Å². The van der Waals surface area contributed by atoms with Crippen molar-refractivity contribution in [3.05, 3.63) is 107 Å². The van der Waals surface area contributed by atoms with E-state index in [-0.39, 0.29) is 5.91 Å². The van der Waals surface area contributed by atoms with E-state index < -0.39 is 12.0 Å². The fourth-order valence-electron chi connectivity index (χ4n) is 3.92. The molecule has 8 heteroatoms. The topological polar surface area (TPSA) is 88.7 Å². The molecule has 0 aliphatic carbocycles. The number of hydrogen-bond acceptors (Lipinski definition) is 5. The first kappa shape index (κ1) is 24.9. The lowest BCUT2D eigenvalue weighted by Crippen LogP contribution is -2.45. The Hall–Kier alpha value is -4.17. The van der Waals surface area contributed by atoms with Crippen LogP contribution in [0.5, 0.6) is 5.75 Å². The number of carbonyl (C=O) groups is 2. The molecule has 0 spiro atoms. The maximum atomic E-state index is 13.5. The van der Waals surface area contributed by atoms with Crippen LogP contribution in [0, 0.1) is 0 Å². The summed E-state index contributed by atoms with van der Waals surface area (Å²) in [5.74, 6) is -0.0579. The number of hydrogen-bond donors (Lipinski definition) is 3. The van der Waals surface area contributed by atoms with E-state index in [2.05, 4.69) is 16.0 Å². The van der Waals surface area contributed by atoms with Crippen molar-refractivity contribution < 1.29 is 19.1 Å². The van der Waals surface area contributed by atoms with E-state index in [1.807, 2.05) is 61.5 Å². The van der Waals surface area contributed by atoms with Crippen molar-refractivity contribution in [3.8, 4) is 5.75 Å². The highest BCUT2D eigenvalue weighted by Gasteiger charge is 2.31. The van der Waals surface area contributed by atoms with E-state index in [0.29, 0.717) is 46.6 Å². The predicted octanol–water partition coefficient (Wildman–Crippen LogP) is 4.87. The second-order valence-electron chi connectivity index (χ2n) is 8.13. The summed E-state index contributed by atoms with van der Waals surface area (Å²) in [5, 5.41) is 9.61. The third-order valence-electron chi connectivity index (χ3n) is 5.63. The standard InChI is InChI=1S/C28H27N3O4S/c1-3-34-27(33)20-13-15-21(16-14-20)30-26(32)24-18(2)29-28(36)31-25(24)22-11-7-8-12-23(22)35-17-19-9-5-4-6-10-19/h4-16,25H,3,17H2,1-2H3,(H,30,32)(H2,29,31,36)/t25-/m1/s1. The molecule has 1 atom stereocenters. The number of benzene rings is 3. The number of anilines is 1. The third-order valence-corrected chi connectivity index (χ3v) is 5.85. The molecular formula is C28H27N3O4S. The molecule has 1 heterocycles. The van der Waals surface area contributed by atoms with Crippen molar-refractivity contribution in [1.29, 1.82) is 0 Å². The van der Waals surface area contributed by atoms with E-state index in [1.54, 1.807) is 31.2 Å². The van der Waals surface area contributed by atoms with E-state index in [1.165, 1.54) is 0 Å². The van der Waals surface area contributed by atoms with Crippen LogP contribution in [-0.2, 0) is 16.1 Å². The average Bonchev–Trinajstić information content (AvgIpc) is 2.88. The number of nitrogens with one attached hydrogen (secondary N) is 3. The van der Waals surface area contributed by atoms with Crippen molar-refractivity contribution >= 4 is 34.9 Å². The van der Waals surface area contributed by atoms with Crippen LogP contribution in [0.2, 0.25) is 0 Å². The normalized spacial score (nSPS) is 14.9. The molecule has 0 bridgehead atoms. The van der Waals surface area contributed by atoms with Crippen molar-refractivity contribution in [1.82, 2.24) is 10.6 Å². The van der Waals surface area contributed by atoms with E-state index in [9.17, 15) is 9.59 Å². The Bertz CT molecular complexity index is 1290. The summed E-state index contributed by atoms with van der Waals surface area (Å²) in [5.41, 5.74) is 3.92. The molecule has 1 amide bonds. The van der Waals surface area contributed by atoms with Gasteiger partial charge in [0.2, 0.25) is 0 Å². The van der Waals surface area contributed by atoms with Crippen LogP contribution < -0.4 is 20.7 Å². The first-order chi connectivity index (χ1) is 17.5. The van der Waals surface area contributed by atoms with Crippen LogP contribution in [0.4, 0.5) is 5.69 Å². The lowest BCUT2D eigenvalue weighted by atomic mass is 9.94. The molecule has 4 rings (SSSR count).